The molecule has 0 unspecified atom stereocenters. The first-order valence-corrected chi connectivity index (χ1v) is 8.91. The molecule has 0 aromatic carbocycles. The number of nitrogens with one attached hydrogen (secondary N) is 1. The van der Waals surface area contributed by atoms with Crippen molar-refractivity contribution in [3.63, 3.8) is 0 Å². The molecule has 0 aliphatic rings. The van der Waals surface area contributed by atoms with E-state index in [1.54, 1.807) is 6.20 Å². The topological polar surface area (TPSA) is 59.1 Å². The summed E-state index contributed by atoms with van der Waals surface area (Å²) < 4.78 is 23.3. The first kappa shape index (κ1) is 15.6. The Kier molecular flexibility index (Phi) is 6.25. The van der Waals surface area contributed by atoms with Crippen LogP contribution in [0.25, 0.3) is 0 Å². The number of aromatic nitrogens is 1. The number of hydrogen-bond donors (Lipinski definition) is 1. The molecular formula is C12H22N2O2S2. The van der Waals surface area contributed by atoms with Gasteiger partial charge in [-0.2, -0.15) is 0 Å². The molecule has 0 atom stereocenters. The Labute approximate surface area is 114 Å². The van der Waals surface area contributed by atoms with E-state index < -0.39 is 9.84 Å². The van der Waals surface area contributed by atoms with Crippen molar-refractivity contribution in [2.75, 3.05) is 12.3 Å². The Morgan fingerprint density at radius 3 is 2.78 bits per heavy atom. The Balaban J connectivity index is 2.48. The molecular weight excluding hydrogens is 268 g/mol. The predicted molar refractivity (Wildman–Crippen MR) is 76.4 cm³/mol. The number of rotatable bonds is 8. The van der Waals surface area contributed by atoms with Gasteiger partial charge < -0.3 is 5.32 Å². The molecule has 0 radical (unpaired) electrons. The molecule has 0 bridgehead atoms. The predicted octanol–water partition coefficient (Wildman–Crippen LogP) is 2.21. The van der Waals surface area contributed by atoms with E-state index in [4.69, 9.17) is 0 Å². The zero-order valence-corrected chi connectivity index (χ0v) is 12.9. The van der Waals surface area contributed by atoms with Crippen LogP contribution >= 0.6 is 11.3 Å². The minimum absolute atomic E-state index is 0.0791. The van der Waals surface area contributed by atoms with Crippen molar-refractivity contribution < 1.29 is 8.42 Å². The highest BCUT2D eigenvalue weighted by Gasteiger charge is 2.13. The summed E-state index contributed by atoms with van der Waals surface area (Å²) in [5.74, 6) is 0.936. The Morgan fingerprint density at radius 1 is 1.44 bits per heavy atom. The molecule has 1 aromatic heterocycles. The lowest BCUT2D eigenvalue weighted by atomic mass is 10.2. The van der Waals surface area contributed by atoms with Gasteiger partial charge in [0.1, 0.15) is 10.8 Å². The van der Waals surface area contributed by atoms with Crippen LogP contribution < -0.4 is 5.32 Å². The van der Waals surface area contributed by atoms with Gasteiger partial charge in [0, 0.05) is 17.6 Å². The van der Waals surface area contributed by atoms with Gasteiger partial charge in [-0.15, -0.1) is 11.3 Å². The van der Waals surface area contributed by atoms with Crippen molar-refractivity contribution in [2.24, 2.45) is 5.92 Å². The molecule has 1 heterocycles. The highest BCUT2D eigenvalue weighted by atomic mass is 32.2. The van der Waals surface area contributed by atoms with Crippen LogP contribution in [-0.2, 0) is 22.1 Å². The van der Waals surface area contributed by atoms with E-state index in [2.05, 4.69) is 24.1 Å². The number of nitrogens with zero attached hydrogens (tertiary/aromatic N) is 1. The van der Waals surface area contributed by atoms with E-state index in [9.17, 15) is 8.42 Å². The Hall–Kier alpha value is -0.460. The van der Waals surface area contributed by atoms with E-state index in [1.807, 2.05) is 6.92 Å². The molecule has 18 heavy (non-hydrogen) atoms. The third-order valence-electron chi connectivity index (χ3n) is 2.31. The molecule has 104 valence electrons. The molecule has 0 spiro atoms. The van der Waals surface area contributed by atoms with E-state index >= 15 is 0 Å². The molecule has 6 heteroatoms. The summed E-state index contributed by atoms with van der Waals surface area (Å²) in [5, 5.41) is 4.02. The standard InChI is InChI=1S/C12H22N2O2S2/c1-4-5-18(15,16)9-12-14-8-11(17-12)7-13-6-10(2)3/h8,10,13H,4-7,9H2,1-3H3. The Morgan fingerprint density at radius 2 is 2.17 bits per heavy atom. The summed E-state index contributed by atoms with van der Waals surface area (Å²) in [6.07, 6.45) is 2.44. The van der Waals surface area contributed by atoms with Crippen LogP contribution in [0.2, 0.25) is 0 Å². The van der Waals surface area contributed by atoms with Gasteiger partial charge in [0.15, 0.2) is 9.84 Å². The van der Waals surface area contributed by atoms with Gasteiger partial charge in [-0.05, 0) is 18.9 Å². The van der Waals surface area contributed by atoms with Gasteiger partial charge in [-0.1, -0.05) is 20.8 Å². The molecule has 0 amide bonds. The van der Waals surface area contributed by atoms with Crippen LogP contribution in [0.5, 0.6) is 0 Å². The van der Waals surface area contributed by atoms with E-state index in [-0.39, 0.29) is 11.5 Å². The number of thiazole rings is 1. The fourth-order valence-corrected chi connectivity index (χ4v) is 4.23. The normalized spacial score (nSPS) is 12.2. The maximum Gasteiger partial charge on any atom is 0.156 e. The molecule has 0 fully saturated rings. The lowest BCUT2D eigenvalue weighted by Gasteiger charge is -2.04. The first-order chi connectivity index (χ1) is 8.43. The van der Waals surface area contributed by atoms with Crippen molar-refractivity contribution in [2.45, 2.75) is 39.5 Å². The fraction of sp³-hybridized carbons (Fsp3) is 0.750. The van der Waals surface area contributed by atoms with Crippen LogP contribution in [0.1, 0.15) is 37.1 Å². The van der Waals surface area contributed by atoms with Gasteiger partial charge in [-0.3, -0.25) is 0 Å². The molecule has 4 nitrogen and oxygen atoms in total. The molecule has 0 saturated heterocycles. The monoisotopic (exact) mass is 290 g/mol. The second kappa shape index (κ2) is 7.21. The highest BCUT2D eigenvalue weighted by molar-refractivity contribution is 7.90. The fourth-order valence-electron chi connectivity index (χ4n) is 1.55. The van der Waals surface area contributed by atoms with Crippen molar-refractivity contribution in [1.29, 1.82) is 0 Å². The number of sulfone groups is 1. The molecule has 0 saturated carbocycles. The summed E-state index contributed by atoms with van der Waals surface area (Å²) in [7, 11) is -2.98. The summed E-state index contributed by atoms with van der Waals surface area (Å²) in [5.41, 5.74) is 0. The third kappa shape index (κ3) is 5.93. The maximum absolute atomic E-state index is 11.7. The summed E-state index contributed by atoms with van der Waals surface area (Å²) in [4.78, 5) is 5.28. The van der Waals surface area contributed by atoms with Crippen molar-refractivity contribution in [3.8, 4) is 0 Å². The minimum atomic E-state index is -2.98. The van der Waals surface area contributed by atoms with Crippen LogP contribution in [0.3, 0.4) is 0 Å². The average molecular weight is 290 g/mol. The molecule has 0 aliphatic heterocycles. The van der Waals surface area contributed by atoms with Crippen LogP contribution in [0.15, 0.2) is 6.20 Å². The van der Waals surface area contributed by atoms with Gasteiger partial charge in [0.2, 0.25) is 0 Å². The van der Waals surface area contributed by atoms with Gasteiger partial charge in [0.05, 0.1) is 5.75 Å². The Bertz CT molecular complexity index is 452. The van der Waals surface area contributed by atoms with Crippen molar-refractivity contribution >= 4 is 21.2 Å². The smallest absolute Gasteiger partial charge is 0.156 e. The van der Waals surface area contributed by atoms with Crippen LogP contribution in [0.4, 0.5) is 0 Å². The average Bonchev–Trinajstić information content (AvgIpc) is 2.64. The van der Waals surface area contributed by atoms with Gasteiger partial charge in [0.25, 0.3) is 0 Å². The quantitative estimate of drug-likeness (QED) is 0.797. The third-order valence-corrected chi connectivity index (χ3v) is 5.24. The molecule has 1 N–H and O–H groups in total. The largest absolute Gasteiger partial charge is 0.312 e. The molecule has 1 rings (SSSR count). The lowest BCUT2D eigenvalue weighted by molar-refractivity contribution is 0.554. The summed E-state index contributed by atoms with van der Waals surface area (Å²) in [6.45, 7) is 7.91. The summed E-state index contributed by atoms with van der Waals surface area (Å²) in [6, 6.07) is 0. The van der Waals surface area contributed by atoms with Gasteiger partial charge in [-0.25, -0.2) is 13.4 Å². The SMILES string of the molecule is CCCS(=O)(=O)Cc1ncc(CNCC(C)C)s1. The van der Waals surface area contributed by atoms with Crippen LogP contribution in [-0.4, -0.2) is 25.7 Å². The van der Waals surface area contributed by atoms with Crippen LogP contribution in [0, 0.1) is 5.92 Å². The first-order valence-electron chi connectivity index (χ1n) is 6.27. The second-order valence-corrected chi connectivity index (χ2v) is 8.22. The second-order valence-electron chi connectivity index (χ2n) is 4.84. The number of hydrogen-bond acceptors (Lipinski definition) is 5. The minimum Gasteiger partial charge on any atom is -0.312 e. The van der Waals surface area contributed by atoms with E-state index in [0.717, 1.165) is 18.0 Å². The molecule has 0 aliphatic carbocycles. The zero-order valence-electron chi connectivity index (χ0n) is 11.3. The molecule has 1 aromatic rings. The highest BCUT2D eigenvalue weighted by Crippen LogP contribution is 2.16. The van der Waals surface area contributed by atoms with Crippen molar-refractivity contribution in [1.82, 2.24) is 10.3 Å². The van der Waals surface area contributed by atoms with Crippen molar-refractivity contribution in [3.05, 3.63) is 16.1 Å². The van der Waals surface area contributed by atoms with E-state index in [1.165, 1.54) is 11.3 Å². The zero-order chi connectivity index (χ0) is 13.6. The maximum atomic E-state index is 11.7. The summed E-state index contributed by atoms with van der Waals surface area (Å²) >= 11 is 1.48. The van der Waals surface area contributed by atoms with Gasteiger partial charge >= 0.3 is 0 Å². The van der Waals surface area contributed by atoms with E-state index in [0.29, 0.717) is 17.3 Å². The lowest BCUT2D eigenvalue weighted by Crippen LogP contribution is -2.18.